The summed E-state index contributed by atoms with van der Waals surface area (Å²) in [6, 6.07) is 29.3. The normalized spacial score (nSPS) is 11.3. The fourth-order valence-corrected chi connectivity index (χ4v) is 3.43. The van der Waals surface area contributed by atoms with Crippen LogP contribution < -0.4 is 5.32 Å². The fourth-order valence-electron chi connectivity index (χ4n) is 3.43. The number of nitrogens with one attached hydrogen (secondary N) is 1. The second-order valence-electron chi connectivity index (χ2n) is 6.97. The highest BCUT2D eigenvalue weighted by Crippen LogP contribution is 2.30. The van der Waals surface area contributed by atoms with Gasteiger partial charge >= 0.3 is 0 Å². The zero-order valence-corrected chi connectivity index (χ0v) is 16.1. The van der Waals surface area contributed by atoms with Crippen molar-refractivity contribution in [3.63, 3.8) is 0 Å². The zero-order chi connectivity index (χ0) is 20.3. The Balaban J connectivity index is 1.41. The van der Waals surface area contributed by atoms with Gasteiger partial charge in [-0.05, 0) is 41.3 Å². The molecule has 0 aliphatic rings. The maximum atomic E-state index is 12.3. The number of rotatable bonds is 4. The lowest BCUT2D eigenvalue weighted by atomic mass is 10.1. The average Bonchev–Trinajstić information content (AvgIpc) is 3.24. The van der Waals surface area contributed by atoms with Crippen molar-refractivity contribution in [1.29, 1.82) is 0 Å². The Bertz CT molecular complexity index is 1380. The predicted octanol–water partition coefficient (Wildman–Crippen LogP) is 6.30. The van der Waals surface area contributed by atoms with E-state index in [2.05, 4.69) is 11.4 Å². The number of aromatic nitrogens is 1. The van der Waals surface area contributed by atoms with Gasteiger partial charge in [-0.25, -0.2) is 4.98 Å². The number of benzene rings is 4. The number of amides is 1. The molecule has 1 amide bonds. The number of oxazole rings is 1. The summed E-state index contributed by atoms with van der Waals surface area (Å²) in [7, 11) is 0. The highest BCUT2D eigenvalue weighted by atomic mass is 16.3. The van der Waals surface area contributed by atoms with Crippen LogP contribution in [0.5, 0.6) is 0 Å². The highest BCUT2D eigenvalue weighted by Gasteiger charge is 2.11. The maximum absolute atomic E-state index is 12.3. The molecule has 0 unspecified atom stereocenters. The van der Waals surface area contributed by atoms with Gasteiger partial charge in [0.2, 0.25) is 11.8 Å². The minimum atomic E-state index is -0.195. The van der Waals surface area contributed by atoms with Crippen molar-refractivity contribution in [3.05, 3.63) is 103 Å². The first kappa shape index (κ1) is 17.9. The quantitative estimate of drug-likeness (QED) is 0.366. The first-order valence-corrected chi connectivity index (χ1v) is 9.69. The molecular formula is C26H18N2O2. The second kappa shape index (κ2) is 7.68. The largest absolute Gasteiger partial charge is 0.436 e. The number of fused-ring (bicyclic) bond motifs is 3. The third-order valence-electron chi connectivity index (χ3n) is 4.89. The minimum Gasteiger partial charge on any atom is -0.436 e. The van der Waals surface area contributed by atoms with Crippen LogP contribution >= 0.6 is 0 Å². The number of carbonyl (C=O) groups is 1. The van der Waals surface area contributed by atoms with E-state index in [4.69, 9.17) is 9.40 Å². The number of hydrogen-bond donors (Lipinski definition) is 1. The van der Waals surface area contributed by atoms with E-state index in [1.807, 2.05) is 84.9 Å². The summed E-state index contributed by atoms with van der Waals surface area (Å²) < 4.78 is 5.99. The molecule has 0 bridgehead atoms. The van der Waals surface area contributed by atoms with E-state index in [1.165, 1.54) is 6.08 Å². The summed E-state index contributed by atoms with van der Waals surface area (Å²) in [4.78, 5) is 17.0. The third-order valence-corrected chi connectivity index (χ3v) is 4.89. The third kappa shape index (κ3) is 3.59. The summed E-state index contributed by atoms with van der Waals surface area (Å²) in [5.41, 5.74) is 4.04. The lowest BCUT2D eigenvalue weighted by molar-refractivity contribution is -0.111. The molecule has 144 valence electrons. The van der Waals surface area contributed by atoms with Crippen molar-refractivity contribution in [1.82, 2.24) is 4.98 Å². The standard InChI is InChI=1S/C26H18N2O2/c29-24(16-13-18-7-2-1-3-8-18)27-21-11-6-10-20(17-21)26-28-25-22-12-5-4-9-19(22)14-15-23(25)30-26/h1-17H,(H,27,29)/b16-13+. The number of carbonyl (C=O) groups excluding carboxylic acids is 1. The van der Waals surface area contributed by atoms with Crippen LogP contribution in [0.1, 0.15) is 5.56 Å². The van der Waals surface area contributed by atoms with Crippen molar-refractivity contribution in [3.8, 4) is 11.5 Å². The molecule has 0 saturated heterocycles. The van der Waals surface area contributed by atoms with Gasteiger partial charge < -0.3 is 9.73 Å². The Morgan fingerprint density at radius 1 is 0.867 bits per heavy atom. The molecule has 4 aromatic carbocycles. The fraction of sp³-hybridized carbons (Fsp3) is 0. The molecule has 30 heavy (non-hydrogen) atoms. The van der Waals surface area contributed by atoms with Gasteiger partial charge in [0.25, 0.3) is 0 Å². The van der Waals surface area contributed by atoms with Crippen LogP contribution in [-0.4, -0.2) is 10.9 Å². The van der Waals surface area contributed by atoms with Crippen LogP contribution in [-0.2, 0) is 4.79 Å². The van der Waals surface area contributed by atoms with E-state index in [1.54, 1.807) is 6.08 Å². The van der Waals surface area contributed by atoms with E-state index in [-0.39, 0.29) is 5.91 Å². The van der Waals surface area contributed by atoms with E-state index in [0.29, 0.717) is 11.6 Å². The van der Waals surface area contributed by atoms with Crippen LogP contribution in [0.3, 0.4) is 0 Å². The number of nitrogens with zero attached hydrogens (tertiary/aromatic N) is 1. The monoisotopic (exact) mass is 390 g/mol. The highest BCUT2D eigenvalue weighted by molar-refractivity contribution is 6.04. The molecule has 0 spiro atoms. The van der Waals surface area contributed by atoms with Crippen LogP contribution in [0.2, 0.25) is 0 Å². The second-order valence-corrected chi connectivity index (χ2v) is 6.97. The van der Waals surface area contributed by atoms with Crippen LogP contribution in [0.25, 0.3) is 39.4 Å². The minimum absolute atomic E-state index is 0.195. The first-order valence-electron chi connectivity index (χ1n) is 9.69. The van der Waals surface area contributed by atoms with Gasteiger partial charge in [-0.1, -0.05) is 66.7 Å². The molecule has 0 fully saturated rings. The predicted molar refractivity (Wildman–Crippen MR) is 121 cm³/mol. The molecule has 5 aromatic rings. The molecule has 1 N–H and O–H groups in total. The molecular weight excluding hydrogens is 372 g/mol. The summed E-state index contributed by atoms with van der Waals surface area (Å²) in [6.45, 7) is 0. The van der Waals surface area contributed by atoms with Gasteiger partial charge in [0.1, 0.15) is 5.52 Å². The molecule has 1 heterocycles. The van der Waals surface area contributed by atoms with Crippen LogP contribution in [0.4, 0.5) is 5.69 Å². The smallest absolute Gasteiger partial charge is 0.248 e. The Kier molecular flexibility index (Phi) is 4.58. The first-order chi connectivity index (χ1) is 14.8. The molecule has 0 atom stereocenters. The SMILES string of the molecule is O=C(/C=C/c1ccccc1)Nc1cccc(-c2nc3c(ccc4ccccc43)o2)c1. The van der Waals surface area contributed by atoms with E-state index < -0.39 is 0 Å². The lowest BCUT2D eigenvalue weighted by Gasteiger charge is -2.03. The Labute approximate surface area is 173 Å². The van der Waals surface area contributed by atoms with Crippen LogP contribution in [0.15, 0.2) is 101 Å². The summed E-state index contributed by atoms with van der Waals surface area (Å²) in [5, 5.41) is 5.07. The van der Waals surface area contributed by atoms with Crippen molar-refractivity contribution < 1.29 is 9.21 Å². The molecule has 5 rings (SSSR count). The lowest BCUT2D eigenvalue weighted by Crippen LogP contribution is -2.07. The van der Waals surface area contributed by atoms with E-state index in [9.17, 15) is 4.79 Å². The van der Waals surface area contributed by atoms with Crippen molar-refractivity contribution in [2.24, 2.45) is 0 Å². The summed E-state index contributed by atoms with van der Waals surface area (Å²) in [6.07, 6.45) is 3.30. The van der Waals surface area contributed by atoms with Gasteiger partial charge in [0.05, 0.1) is 0 Å². The zero-order valence-electron chi connectivity index (χ0n) is 16.1. The molecule has 0 radical (unpaired) electrons. The molecule has 4 heteroatoms. The van der Waals surface area contributed by atoms with Crippen molar-refractivity contribution in [2.75, 3.05) is 5.32 Å². The topological polar surface area (TPSA) is 55.1 Å². The molecule has 0 aliphatic heterocycles. The molecule has 1 aromatic heterocycles. The summed E-state index contributed by atoms with van der Waals surface area (Å²) in [5.74, 6) is 0.330. The average molecular weight is 390 g/mol. The van der Waals surface area contributed by atoms with E-state index >= 15 is 0 Å². The number of anilines is 1. The Hall–Kier alpha value is -4.18. The van der Waals surface area contributed by atoms with Crippen molar-refractivity contribution >= 4 is 39.5 Å². The Morgan fingerprint density at radius 3 is 2.60 bits per heavy atom. The van der Waals surface area contributed by atoms with Gasteiger partial charge in [-0.2, -0.15) is 0 Å². The molecule has 0 aliphatic carbocycles. The van der Waals surface area contributed by atoms with E-state index in [0.717, 1.165) is 33.0 Å². The van der Waals surface area contributed by atoms with Gasteiger partial charge in [0, 0.05) is 22.7 Å². The summed E-state index contributed by atoms with van der Waals surface area (Å²) >= 11 is 0. The number of hydrogen-bond acceptors (Lipinski definition) is 3. The maximum Gasteiger partial charge on any atom is 0.248 e. The Morgan fingerprint density at radius 2 is 1.70 bits per heavy atom. The molecule has 4 nitrogen and oxygen atoms in total. The van der Waals surface area contributed by atoms with Gasteiger partial charge in [0.15, 0.2) is 5.58 Å². The molecule has 0 saturated carbocycles. The van der Waals surface area contributed by atoms with Crippen LogP contribution in [0, 0.1) is 0 Å². The van der Waals surface area contributed by atoms with Crippen molar-refractivity contribution in [2.45, 2.75) is 0 Å². The van der Waals surface area contributed by atoms with Gasteiger partial charge in [-0.3, -0.25) is 4.79 Å². The van der Waals surface area contributed by atoms with Gasteiger partial charge in [-0.15, -0.1) is 0 Å².